The summed E-state index contributed by atoms with van der Waals surface area (Å²) in [5.41, 5.74) is 0.0182. The molecule has 2 heterocycles. The van der Waals surface area contributed by atoms with Crippen molar-refractivity contribution in [2.45, 2.75) is 19.4 Å². The minimum atomic E-state index is -3.23. The van der Waals surface area contributed by atoms with Gasteiger partial charge in [-0.05, 0) is 13.3 Å². The van der Waals surface area contributed by atoms with Crippen molar-refractivity contribution in [3.05, 3.63) is 17.5 Å². The van der Waals surface area contributed by atoms with Gasteiger partial charge in [0.2, 0.25) is 0 Å². The van der Waals surface area contributed by atoms with Gasteiger partial charge in [0.05, 0.1) is 23.8 Å². The number of sulfone groups is 1. The molecule has 2 unspecified atom stereocenters. The monoisotopic (exact) mass is 269 g/mol. The van der Waals surface area contributed by atoms with Crippen LogP contribution in [0.2, 0.25) is 0 Å². The van der Waals surface area contributed by atoms with Crippen molar-refractivity contribution in [2.24, 2.45) is 12.5 Å². The van der Waals surface area contributed by atoms with Crippen LogP contribution < -0.4 is 0 Å². The van der Waals surface area contributed by atoms with E-state index in [4.69, 9.17) is 0 Å². The maximum Gasteiger partial charge on any atom is 0.152 e. The number of aryl methyl sites for hydroxylation is 1. The standard InChI is InChI=1S/C11H15N3O3S/c1-8-9(5-13-14(8)2)10(15)11(6-12)3-4-18(16,17)7-11/h5,10,15H,3-4,7H2,1-2H3. The summed E-state index contributed by atoms with van der Waals surface area (Å²) in [4.78, 5) is 0. The second kappa shape index (κ2) is 4.07. The first kappa shape index (κ1) is 13.1. The van der Waals surface area contributed by atoms with Gasteiger partial charge in [-0.1, -0.05) is 0 Å². The molecule has 1 aromatic heterocycles. The van der Waals surface area contributed by atoms with E-state index < -0.39 is 21.4 Å². The Balaban J connectivity index is 2.42. The van der Waals surface area contributed by atoms with Gasteiger partial charge < -0.3 is 5.11 Å². The lowest BCUT2D eigenvalue weighted by atomic mass is 9.80. The zero-order valence-electron chi connectivity index (χ0n) is 10.3. The Labute approximate surface area is 106 Å². The van der Waals surface area contributed by atoms with Crippen molar-refractivity contribution < 1.29 is 13.5 Å². The molecule has 1 N–H and O–H groups in total. The highest BCUT2D eigenvalue weighted by Gasteiger charge is 2.49. The highest BCUT2D eigenvalue weighted by Crippen LogP contribution is 2.43. The highest BCUT2D eigenvalue weighted by atomic mass is 32.2. The van der Waals surface area contributed by atoms with E-state index in [2.05, 4.69) is 5.10 Å². The van der Waals surface area contributed by atoms with E-state index >= 15 is 0 Å². The third-order valence-corrected chi connectivity index (χ3v) is 5.43. The minimum Gasteiger partial charge on any atom is -0.387 e. The van der Waals surface area contributed by atoms with Crippen LogP contribution in [0, 0.1) is 23.7 Å². The summed E-state index contributed by atoms with van der Waals surface area (Å²) in [6.45, 7) is 1.78. The van der Waals surface area contributed by atoms with E-state index in [-0.39, 0.29) is 17.9 Å². The van der Waals surface area contributed by atoms with Gasteiger partial charge in [0.1, 0.15) is 11.5 Å². The predicted octanol–water partition coefficient (Wildman–Crippen LogP) is 0.0904. The van der Waals surface area contributed by atoms with Crippen LogP contribution in [-0.4, -0.2) is 34.8 Å². The topological polar surface area (TPSA) is 96.0 Å². The van der Waals surface area contributed by atoms with Crippen molar-refractivity contribution in [2.75, 3.05) is 11.5 Å². The van der Waals surface area contributed by atoms with Crippen molar-refractivity contribution in [3.8, 4) is 6.07 Å². The SMILES string of the molecule is Cc1c(C(O)C2(C#N)CCS(=O)(=O)C2)cnn1C. The Morgan fingerprint density at radius 3 is 2.72 bits per heavy atom. The summed E-state index contributed by atoms with van der Waals surface area (Å²) < 4.78 is 24.7. The molecule has 1 saturated heterocycles. The van der Waals surface area contributed by atoms with Crippen LogP contribution >= 0.6 is 0 Å². The first-order chi connectivity index (χ1) is 8.31. The summed E-state index contributed by atoms with van der Waals surface area (Å²) in [5, 5.41) is 23.6. The van der Waals surface area contributed by atoms with Gasteiger partial charge in [-0.2, -0.15) is 10.4 Å². The van der Waals surface area contributed by atoms with Crippen LogP contribution in [0.3, 0.4) is 0 Å². The third-order valence-electron chi connectivity index (χ3n) is 3.65. The van der Waals surface area contributed by atoms with Crippen molar-refractivity contribution >= 4 is 9.84 Å². The summed E-state index contributed by atoms with van der Waals surface area (Å²) in [7, 11) is -1.50. The molecule has 18 heavy (non-hydrogen) atoms. The molecular weight excluding hydrogens is 254 g/mol. The van der Waals surface area contributed by atoms with Gasteiger partial charge >= 0.3 is 0 Å². The fourth-order valence-corrected chi connectivity index (χ4v) is 4.29. The molecule has 2 atom stereocenters. The van der Waals surface area contributed by atoms with E-state index in [0.717, 1.165) is 5.69 Å². The summed E-state index contributed by atoms with van der Waals surface area (Å²) >= 11 is 0. The molecule has 1 aliphatic rings. The molecule has 98 valence electrons. The lowest BCUT2D eigenvalue weighted by Gasteiger charge is -2.25. The number of hydrogen-bond acceptors (Lipinski definition) is 5. The minimum absolute atomic E-state index is 0.0447. The van der Waals surface area contributed by atoms with Gasteiger partial charge in [0, 0.05) is 18.3 Å². The molecule has 0 spiro atoms. The number of hydrogen-bond donors (Lipinski definition) is 1. The lowest BCUT2D eigenvalue weighted by molar-refractivity contribution is 0.0786. The quantitative estimate of drug-likeness (QED) is 0.820. The molecule has 2 rings (SSSR count). The van der Waals surface area contributed by atoms with Crippen molar-refractivity contribution in [3.63, 3.8) is 0 Å². The zero-order valence-corrected chi connectivity index (χ0v) is 11.1. The Hall–Kier alpha value is -1.39. The largest absolute Gasteiger partial charge is 0.387 e. The number of nitrogens with zero attached hydrogens (tertiary/aromatic N) is 3. The van der Waals surface area contributed by atoms with Gasteiger partial charge in [0.15, 0.2) is 9.84 Å². The summed E-state index contributed by atoms with van der Waals surface area (Å²) in [6, 6.07) is 2.00. The Bertz CT molecular complexity index is 614. The van der Waals surface area contributed by atoms with Gasteiger partial charge in [0.25, 0.3) is 0 Å². The summed E-state index contributed by atoms with van der Waals surface area (Å²) in [5.74, 6) is -0.330. The van der Waals surface area contributed by atoms with Gasteiger partial charge in [-0.25, -0.2) is 8.42 Å². The zero-order chi connectivity index (χ0) is 13.6. The van der Waals surface area contributed by atoms with E-state index in [1.165, 1.54) is 6.20 Å². The highest BCUT2D eigenvalue weighted by molar-refractivity contribution is 7.91. The molecule has 7 heteroatoms. The van der Waals surface area contributed by atoms with E-state index in [0.29, 0.717) is 5.56 Å². The molecule has 0 aliphatic carbocycles. The number of aliphatic hydroxyl groups is 1. The molecular formula is C11H15N3O3S. The molecule has 6 nitrogen and oxygen atoms in total. The van der Waals surface area contributed by atoms with Crippen molar-refractivity contribution in [1.29, 1.82) is 5.26 Å². The second-order valence-corrected chi connectivity index (χ2v) is 7.01. The van der Waals surface area contributed by atoms with Crippen LogP contribution in [0.4, 0.5) is 0 Å². The van der Waals surface area contributed by atoms with E-state index in [1.54, 1.807) is 18.7 Å². The smallest absolute Gasteiger partial charge is 0.152 e. The Morgan fingerprint density at radius 2 is 2.33 bits per heavy atom. The summed E-state index contributed by atoms with van der Waals surface area (Å²) in [6.07, 6.45) is 0.541. The lowest BCUT2D eigenvalue weighted by Crippen LogP contribution is -2.29. The molecule has 0 aromatic carbocycles. The Morgan fingerprint density at radius 1 is 1.67 bits per heavy atom. The van der Waals surface area contributed by atoms with Crippen LogP contribution in [0.5, 0.6) is 0 Å². The average molecular weight is 269 g/mol. The van der Waals surface area contributed by atoms with E-state index in [9.17, 15) is 18.8 Å². The predicted molar refractivity (Wildman–Crippen MR) is 64.2 cm³/mol. The number of aromatic nitrogens is 2. The molecule has 0 radical (unpaired) electrons. The van der Waals surface area contributed by atoms with Crippen LogP contribution in [0.15, 0.2) is 6.20 Å². The van der Waals surface area contributed by atoms with Crippen LogP contribution in [0.1, 0.15) is 23.8 Å². The Kier molecular flexibility index (Phi) is 2.95. The molecule has 0 saturated carbocycles. The maximum absolute atomic E-state index is 11.5. The normalized spacial score (nSPS) is 27.9. The number of rotatable bonds is 2. The molecule has 0 bridgehead atoms. The fraction of sp³-hybridized carbons (Fsp3) is 0.636. The first-order valence-electron chi connectivity index (χ1n) is 5.59. The fourth-order valence-electron chi connectivity index (χ4n) is 2.32. The van der Waals surface area contributed by atoms with E-state index in [1.807, 2.05) is 6.07 Å². The van der Waals surface area contributed by atoms with Crippen molar-refractivity contribution in [1.82, 2.24) is 9.78 Å². The molecule has 1 aromatic rings. The van der Waals surface area contributed by atoms with Crippen LogP contribution in [0.25, 0.3) is 0 Å². The van der Waals surface area contributed by atoms with Gasteiger partial charge in [-0.15, -0.1) is 0 Å². The molecule has 1 aliphatic heterocycles. The molecule has 0 amide bonds. The number of aliphatic hydroxyl groups excluding tert-OH is 1. The van der Waals surface area contributed by atoms with Crippen LogP contribution in [-0.2, 0) is 16.9 Å². The first-order valence-corrected chi connectivity index (χ1v) is 7.42. The molecule has 1 fully saturated rings. The van der Waals surface area contributed by atoms with Gasteiger partial charge in [-0.3, -0.25) is 4.68 Å². The number of nitriles is 1. The second-order valence-electron chi connectivity index (χ2n) is 4.82. The third kappa shape index (κ3) is 1.91. The average Bonchev–Trinajstić information content (AvgIpc) is 2.81. The maximum atomic E-state index is 11.5.